The van der Waals surface area contributed by atoms with Crippen molar-refractivity contribution in [2.45, 2.75) is 6.92 Å². The lowest BCUT2D eigenvalue weighted by Crippen LogP contribution is -2.49. The molecule has 132 valence electrons. The number of piperazine rings is 1. The number of benzene rings is 1. The molecule has 0 bridgehead atoms. The average Bonchev–Trinajstić information content (AvgIpc) is 2.62. The number of amides is 1. The Morgan fingerprint density at radius 3 is 2.48 bits per heavy atom. The van der Waals surface area contributed by atoms with E-state index in [1.54, 1.807) is 29.2 Å². The number of aromatic nitrogens is 2. The Morgan fingerprint density at radius 2 is 1.88 bits per heavy atom. The molecule has 6 nitrogen and oxygen atoms in total. The first kappa shape index (κ1) is 17.8. The van der Waals surface area contributed by atoms with E-state index in [4.69, 9.17) is 27.9 Å². The van der Waals surface area contributed by atoms with Gasteiger partial charge in [-0.05, 0) is 31.2 Å². The molecule has 1 aliphatic rings. The van der Waals surface area contributed by atoms with Gasteiger partial charge in [-0.3, -0.25) is 4.79 Å². The Morgan fingerprint density at radius 1 is 1.12 bits per heavy atom. The van der Waals surface area contributed by atoms with Gasteiger partial charge < -0.3 is 14.5 Å². The highest BCUT2D eigenvalue weighted by molar-refractivity contribution is 6.36. The maximum atomic E-state index is 12.6. The van der Waals surface area contributed by atoms with Gasteiger partial charge in [0.15, 0.2) is 5.82 Å². The molecule has 3 rings (SSSR count). The van der Waals surface area contributed by atoms with Crippen LogP contribution in [-0.2, 0) is 0 Å². The number of hydrogen-bond acceptors (Lipinski definition) is 5. The van der Waals surface area contributed by atoms with E-state index in [1.165, 1.54) is 0 Å². The number of nitrogens with zero attached hydrogens (tertiary/aromatic N) is 4. The van der Waals surface area contributed by atoms with Crippen molar-refractivity contribution in [2.24, 2.45) is 0 Å². The Hall–Kier alpha value is -2.05. The molecular formula is C17H18Cl2N4O2. The third kappa shape index (κ3) is 4.14. The summed E-state index contributed by atoms with van der Waals surface area (Å²) >= 11 is 12.0. The number of hydrogen-bond donors (Lipinski definition) is 0. The maximum Gasteiger partial charge on any atom is 0.255 e. The van der Waals surface area contributed by atoms with E-state index >= 15 is 0 Å². The lowest BCUT2D eigenvalue weighted by atomic mass is 10.2. The van der Waals surface area contributed by atoms with Crippen molar-refractivity contribution in [3.8, 4) is 5.88 Å². The highest BCUT2D eigenvalue weighted by atomic mass is 35.5. The van der Waals surface area contributed by atoms with Gasteiger partial charge >= 0.3 is 0 Å². The van der Waals surface area contributed by atoms with E-state index in [0.717, 1.165) is 5.82 Å². The van der Waals surface area contributed by atoms with Crippen LogP contribution in [0.3, 0.4) is 0 Å². The predicted octanol–water partition coefficient (Wildman–Crippen LogP) is 3.14. The van der Waals surface area contributed by atoms with Crippen molar-refractivity contribution in [2.75, 3.05) is 37.7 Å². The summed E-state index contributed by atoms with van der Waals surface area (Å²) in [6, 6.07) is 8.61. The van der Waals surface area contributed by atoms with Crippen molar-refractivity contribution in [3.63, 3.8) is 0 Å². The van der Waals surface area contributed by atoms with Crippen molar-refractivity contribution in [1.82, 2.24) is 15.1 Å². The molecule has 0 saturated carbocycles. The fraction of sp³-hybridized carbons (Fsp3) is 0.353. The Labute approximate surface area is 156 Å². The van der Waals surface area contributed by atoms with Gasteiger partial charge in [-0.2, -0.15) is 0 Å². The van der Waals surface area contributed by atoms with E-state index in [1.807, 2.05) is 13.0 Å². The molecule has 1 saturated heterocycles. The highest BCUT2D eigenvalue weighted by Crippen LogP contribution is 2.23. The topological polar surface area (TPSA) is 58.6 Å². The smallest absolute Gasteiger partial charge is 0.255 e. The highest BCUT2D eigenvalue weighted by Gasteiger charge is 2.24. The molecule has 0 aliphatic carbocycles. The summed E-state index contributed by atoms with van der Waals surface area (Å²) in [7, 11) is 0. The molecule has 0 spiro atoms. The van der Waals surface area contributed by atoms with E-state index in [9.17, 15) is 4.79 Å². The summed E-state index contributed by atoms with van der Waals surface area (Å²) in [5, 5.41) is 9.11. The van der Waals surface area contributed by atoms with Crippen LogP contribution in [-0.4, -0.2) is 53.8 Å². The van der Waals surface area contributed by atoms with E-state index in [2.05, 4.69) is 15.1 Å². The first-order chi connectivity index (χ1) is 12.1. The summed E-state index contributed by atoms with van der Waals surface area (Å²) in [6.07, 6.45) is 0. The van der Waals surface area contributed by atoms with Gasteiger partial charge in [-0.15, -0.1) is 10.2 Å². The molecule has 1 amide bonds. The minimum Gasteiger partial charge on any atom is -0.477 e. The summed E-state index contributed by atoms with van der Waals surface area (Å²) in [5.74, 6) is 1.21. The molecule has 1 aromatic carbocycles. The summed E-state index contributed by atoms with van der Waals surface area (Å²) in [6.45, 7) is 5.00. The van der Waals surface area contributed by atoms with Crippen LogP contribution < -0.4 is 9.64 Å². The van der Waals surface area contributed by atoms with Crippen molar-refractivity contribution in [1.29, 1.82) is 0 Å². The van der Waals surface area contributed by atoms with Gasteiger partial charge in [0.2, 0.25) is 5.88 Å². The van der Waals surface area contributed by atoms with Gasteiger partial charge in [0.1, 0.15) is 0 Å². The quantitative estimate of drug-likeness (QED) is 0.815. The van der Waals surface area contributed by atoms with Crippen molar-refractivity contribution >= 4 is 34.9 Å². The molecule has 1 aromatic heterocycles. The standard InChI is InChI=1S/C17H18Cl2N4O2/c1-2-25-16-6-5-15(20-21-16)22-7-9-23(10-8-22)17(24)13-4-3-12(18)11-14(13)19/h3-6,11H,2,7-10H2,1H3. The average molecular weight is 381 g/mol. The first-order valence-corrected chi connectivity index (χ1v) is 8.80. The number of carbonyl (C=O) groups is 1. The number of carbonyl (C=O) groups excluding carboxylic acids is 1. The SMILES string of the molecule is CCOc1ccc(N2CCN(C(=O)c3ccc(Cl)cc3Cl)CC2)nn1. The van der Waals surface area contributed by atoms with E-state index in [0.29, 0.717) is 54.3 Å². The van der Waals surface area contributed by atoms with Gasteiger partial charge in [-0.25, -0.2) is 0 Å². The monoisotopic (exact) mass is 380 g/mol. The van der Waals surface area contributed by atoms with Gasteiger partial charge in [0.05, 0.1) is 17.2 Å². The Kier molecular flexibility index (Phi) is 5.60. The molecule has 2 heterocycles. The Balaban J connectivity index is 1.62. The van der Waals surface area contributed by atoms with Gasteiger partial charge in [0.25, 0.3) is 5.91 Å². The lowest BCUT2D eigenvalue weighted by Gasteiger charge is -2.35. The second kappa shape index (κ2) is 7.89. The number of rotatable bonds is 4. The lowest BCUT2D eigenvalue weighted by molar-refractivity contribution is 0.0746. The minimum atomic E-state index is -0.0842. The largest absolute Gasteiger partial charge is 0.477 e. The molecule has 2 aromatic rings. The van der Waals surface area contributed by atoms with E-state index in [-0.39, 0.29) is 5.91 Å². The molecule has 0 N–H and O–H groups in total. The van der Waals surface area contributed by atoms with Crippen LogP contribution >= 0.6 is 23.2 Å². The predicted molar refractivity (Wildman–Crippen MR) is 97.8 cm³/mol. The Bertz CT molecular complexity index is 747. The van der Waals surface area contributed by atoms with Gasteiger partial charge in [0, 0.05) is 37.3 Å². The second-order valence-electron chi connectivity index (χ2n) is 5.57. The van der Waals surface area contributed by atoms with Crippen LogP contribution in [0.1, 0.15) is 17.3 Å². The number of ether oxygens (including phenoxy) is 1. The molecule has 0 unspecified atom stereocenters. The zero-order valence-electron chi connectivity index (χ0n) is 13.8. The fourth-order valence-electron chi connectivity index (χ4n) is 2.68. The van der Waals surface area contributed by atoms with Crippen LogP contribution in [0.15, 0.2) is 30.3 Å². The molecule has 25 heavy (non-hydrogen) atoms. The van der Waals surface area contributed by atoms with Crippen molar-refractivity contribution in [3.05, 3.63) is 45.9 Å². The molecular weight excluding hydrogens is 363 g/mol. The molecule has 1 fully saturated rings. The summed E-state index contributed by atoms with van der Waals surface area (Å²) in [4.78, 5) is 16.5. The second-order valence-corrected chi connectivity index (χ2v) is 6.41. The third-order valence-electron chi connectivity index (χ3n) is 3.97. The van der Waals surface area contributed by atoms with Crippen LogP contribution in [0.25, 0.3) is 0 Å². The summed E-state index contributed by atoms with van der Waals surface area (Å²) in [5.41, 5.74) is 0.473. The molecule has 1 aliphatic heterocycles. The number of halogens is 2. The fourth-order valence-corrected chi connectivity index (χ4v) is 3.17. The zero-order chi connectivity index (χ0) is 17.8. The first-order valence-electron chi connectivity index (χ1n) is 8.04. The number of anilines is 1. The van der Waals surface area contributed by atoms with Crippen LogP contribution in [0.2, 0.25) is 10.0 Å². The zero-order valence-corrected chi connectivity index (χ0v) is 15.3. The van der Waals surface area contributed by atoms with Gasteiger partial charge in [-0.1, -0.05) is 23.2 Å². The van der Waals surface area contributed by atoms with Crippen molar-refractivity contribution < 1.29 is 9.53 Å². The van der Waals surface area contributed by atoms with E-state index < -0.39 is 0 Å². The van der Waals surface area contributed by atoms with Crippen LogP contribution in [0.5, 0.6) is 5.88 Å². The van der Waals surface area contributed by atoms with Crippen LogP contribution in [0.4, 0.5) is 5.82 Å². The third-order valence-corrected chi connectivity index (χ3v) is 4.52. The maximum absolute atomic E-state index is 12.6. The van der Waals surface area contributed by atoms with Crippen LogP contribution in [0, 0.1) is 0 Å². The molecule has 8 heteroatoms. The normalized spacial score (nSPS) is 14.5. The molecule has 0 atom stereocenters. The minimum absolute atomic E-state index is 0.0842. The summed E-state index contributed by atoms with van der Waals surface area (Å²) < 4.78 is 5.30. The molecule has 0 radical (unpaired) electrons.